The Morgan fingerprint density at radius 2 is 2.28 bits per heavy atom. The molecule has 2 N–H and O–H groups in total. The summed E-state index contributed by atoms with van der Waals surface area (Å²) >= 11 is 0. The first-order valence-electron chi connectivity index (χ1n) is 6.87. The van der Waals surface area contributed by atoms with Crippen LogP contribution in [0.1, 0.15) is 38.3 Å². The zero-order valence-corrected chi connectivity index (χ0v) is 11.3. The van der Waals surface area contributed by atoms with Gasteiger partial charge in [-0.2, -0.15) is 0 Å². The Morgan fingerprint density at radius 3 is 2.83 bits per heavy atom. The van der Waals surface area contributed by atoms with Crippen LogP contribution in [-0.2, 0) is 0 Å². The lowest BCUT2D eigenvalue weighted by molar-refractivity contribution is 0.203. The second kappa shape index (κ2) is 5.81. The van der Waals surface area contributed by atoms with Gasteiger partial charge in [-0.1, -0.05) is 26.0 Å². The van der Waals surface area contributed by atoms with Crippen molar-refractivity contribution in [2.24, 2.45) is 11.7 Å². The van der Waals surface area contributed by atoms with E-state index in [0.717, 1.165) is 25.1 Å². The van der Waals surface area contributed by atoms with Crippen LogP contribution in [-0.4, -0.2) is 24.0 Å². The summed E-state index contributed by atoms with van der Waals surface area (Å²) in [5, 5.41) is 0. The van der Waals surface area contributed by atoms with Gasteiger partial charge in [-0.3, -0.25) is 4.90 Å². The Balaban J connectivity index is 2.25. The average Bonchev–Trinajstić information content (AvgIpc) is 2.76. The van der Waals surface area contributed by atoms with Crippen molar-refractivity contribution >= 4 is 0 Å². The Morgan fingerprint density at radius 1 is 1.50 bits per heavy atom. The van der Waals surface area contributed by atoms with Crippen LogP contribution in [0, 0.1) is 11.7 Å². The van der Waals surface area contributed by atoms with Crippen molar-refractivity contribution in [1.29, 1.82) is 0 Å². The quantitative estimate of drug-likeness (QED) is 0.890. The molecule has 0 saturated carbocycles. The maximum atomic E-state index is 13.4. The maximum Gasteiger partial charge on any atom is 0.123 e. The van der Waals surface area contributed by atoms with Crippen LogP contribution in [0.3, 0.4) is 0 Å². The Labute approximate surface area is 109 Å². The van der Waals surface area contributed by atoms with E-state index in [4.69, 9.17) is 5.73 Å². The van der Waals surface area contributed by atoms with E-state index in [1.807, 2.05) is 6.07 Å². The second-order valence-corrected chi connectivity index (χ2v) is 5.46. The van der Waals surface area contributed by atoms with Crippen LogP contribution in [0.2, 0.25) is 0 Å². The van der Waals surface area contributed by atoms with Crippen molar-refractivity contribution in [1.82, 2.24) is 4.90 Å². The number of hydrogen-bond acceptors (Lipinski definition) is 2. The molecule has 1 aromatic carbocycles. The highest BCUT2D eigenvalue weighted by Gasteiger charge is 2.30. The zero-order chi connectivity index (χ0) is 13.1. The topological polar surface area (TPSA) is 29.3 Å². The number of nitrogens with two attached hydrogens (primary N) is 1. The predicted molar refractivity (Wildman–Crippen MR) is 72.8 cm³/mol. The summed E-state index contributed by atoms with van der Waals surface area (Å²) in [5.74, 6) is 0.540. The molecule has 1 aliphatic rings. The van der Waals surface area contributed by atoms with Gasteiger partial charge in [0.1, 0.15) is 5.82 Å². The minimum absolute atomic E-state index is 0.0668. The number of benzene rings is 1. The van der Waals surface area contributed by atoms with Crippen LogP contribution in [0.15, 0.2) is 24.3 Å². The first kappa shape index (κ1) is 13.5. The molecule has 0 spiro atoms. The average molecular weight is 250 g/mol. The molecule has 0 aliphatic carbocycles. The smallest absolute Gasteiger partial charge is 0.123 e. The summed E-state index contributed by atoms with van der Waals surface area (Å²) < 4.78 is 13.4. The van der Waals surface area contributed by atoms with Gasteiger partial charge < -0.3 is 5.73 Å². The van der Waals surface area contributed by atoms with Gasteiger partial charge in [0.05, 0.1) is 0 Å². The molecule has 3 heteroatoms. The highest BCUT2D eigenvalue weighted by molar-refractivity contribution is 5.22. The third-order valence-corrected chi connectivity index (χ3v) is 3.92. The molecular weight excluding hydrogens is 227 g/mol. The van der Waals surface area contributed by atoms with E-state index < -0.39 is 0 Å². The fraction of sp³-hybridized carbons (Fsp3) is 0.600. The first-order chi connectivity index (χ1) is 8.61. The molecule has 3 unspecified atom stereocenters. The third kappa shape index (κ3) is 2.90. The predicted octanol–water partition coefficient (Wildman–Crippen LogP) is 2.95. The van der Waals surface area contributed by atoms with Crippen LogP contribution in [0.4, 0.5) is 4.39 Å². The van der Waals surface area contributed by atoms with E-state index in [-0.39, 0.29) is 17.9 Å². The summed E-state index contributed by atoms with van der Waals surface area (Å²) in [4.78, 5) is 2.41. The van der Waals surface area contributed by atoms with E-state index in [0.29, 0.717) is 5.92 Å². The summed E-state index contributed by atoms with van der Waals surface area (Å²) in [6, 6.07) is 7.10. The molecule has 1 heterocycles. The molecule has 0 bridgehead atoms. The van der Waals surface area contributed by atoms with Gasteiger partial charge in [-0.15, -0.1) is 0 Å². The van der Waals surface area contributed by atoms with E-state index >= 15 is 0 Å². The fourth-order valence-corrected chi connectivity index (χ4v) is 2.86. The molecule has 3 atom stereocenters. The van der Waals surface area contributed by atoms with Crippen LogP contribution >= 0.6 is 0 Å². The summed E-state index contributed by atoms with van der Waals surface area (Å²) in [6.45, 7) is 6.49. The monoisotopic (exact) mass is 250 g/mol. The summed E-state index contributed by atoms with van der Waals surface area (Å²) in [7, 11) is 0. The van der Waals surface area contributed by atoms with Crippen LogP contribution in [0.25, 0.3) is 0 Å². The molecule has 1 aromatic rings. The molecule has 100 valence electrons. The number of rotatable bonds is 4. The third-order valence-electron chi connectivity index (χ3n) is 3.92. The molecule has 1 aliphatic heterocycles. The zero-order valence-electron chi connectivity index (χ0n) is 11.3. The van der Waals surface area contributed by atoms with Gasteiger partial charge in [0.25, 0.3) is 0 Å². The molecule has 1 fully saturated rings. The van der Waals surface area contributed by atoms with Gasteiger partial charge in [-0.05, 0) is 43.0 Å². The van der Waals surface area contributed by atoms with Gasteiger partial charge >= 0.3 is 0 Å². The number of nitrogens with zero attached hydrogens (tertiary/aromatic N) is 1. The van der Waals surface area contributed by atoms with E-state index in [1.165, 1.54) is 12.5 Å². The lowest BCUT2D eigenvalue weighted by Gasteiger charge is -2.32. The van der Waals surface area contributed by atoms with E-state index in [2.05, 4.69) is 18.7 Å². The van der Waals surface area contributed by atoms with Crippen molar-refractivity contribution in [2.45, 2.75) is 38.8 Å². The normalized spacial score (nSPS) is 24.1. The number of halogens is 1. The van der Waals surface area contributed by atoms with Crippen LogP contribution in [0.5, 0.6) is 0 Å². The van der Waals surface area contributed by atoms with Crippen molar-refractivity contribution < 1.29 is 4.39 Å². The molecule has 0 aromatic heterocycles. The lowest BCUT2D eigenvalue weighted by atomic mass is 9.96. The fourth-order valence-electron chi connectivity index (χ4n) is 2.86. The molecule has 2 rings (SSSR count). The van der Waals surface area contributed by atoms with Gasteiger partial charge in [-0.25, -0.2) is 4.39 Å². The molecular formula is C15H23FN2. The first-order valence-corrected chi connectivity index (χ1v) is 6.87. The van der Waals surface area contributed by atoms with Crippen molar-refractivity contribution in [3.8, 4) is 0 Å². The Bertz CT molecular complexity index is 394. The Kier molecular flexibility index (Phi) is 4.36. The molecule has 1 saturated heterocycles. The van der Waals surface area contributed by atoms with Gasteiger partial charge in [0, 0.05) is 18.6 Å². The van der Waals surface area contributed by atoms with E-state index in [9.17, 15) is 4.39 Å². The molecule has 0 amide bonds. The maximum absolute atomic E-state index is 13.4. The summed E-state index contributed by atoms with van der Waals surface area (Å²) in [6.07, 6.45) is 2.12. The van der Waals surface area contributed by atoms with Gasteiger partial charge in [0.2, 0.25) is 0 Å². The molecule has 2 nitrogen and oxygen atoms in total. The largest absolute Gasteiger partial charge is 0.326 e. The highest BCUT2D eigenvalue weighted by atomic mass is 19.1. The lowest BCUT2D eigenvalue weighted by Crippen LogP contribution is -2.39. The highest BCUT2D eigenvalue weighted by Crippen LogP contribution is 2.30. The van der Waals surface area contributed by atoms with Crippen LogP contribution < -0.4 is 5.73 Å². The SMILES string of the molecule is CCC(N)C(c1cccc(F)c1)N1CCC(C)C1. The minimum Gasteiger partial charge on any atom is -0.326 e. The Hall–Kier alpha value is -0.930. The van der Waals surface area contributed by atoms with Crippen molar-refractivity contribution in [3.05, 3.63) is 35.6 Å². The molecule has 0 radical (unpaired) electrons. The second-order valence-electron chi connectivity index (χ2n) is 5.46. The van der Waals surface area contributed by atoms with Crippen molar-refractivity contribution in [3.63, 3.8) is 0 Å². The molecule has 18 heavy (non-hydrogen) atoms. The number of hydrogen-bond donors (Lipinski definition) is 1. The number of likely N-dealkylation sites (tertiary alicyclic amines) is 1. The van der Waals surface area contributed by atoms with Crippen molar-refractivity contribution in [2.75, 3.05) is 13.1 Å². The summed E-state index contributed by atoms with van der Waals surface area (Å²) in [5.41, 5.74) is 7.27. The van der Waals surface area contributed by atoms with Gasteiger partial charge in [0.15, 0.2) is 0 Å². The minimum atomic E-state index is -0.173. The van der Waals surface area contributed by atoms with E-state index in [1.54, 1.807) is 12.1 Å². The standard InChI is InChI=1S/C15H23FN2/c1-3-14(17)15(18-8-7-11(2)10-18)12-5-4-6-13(16)9-12/h4-6,9,11,14-15H,3,7-8,10,17H2,1-2H3.